The van der Waals surface area contributed by atoms with Gasteiger partial charge in [0.1, 0.15) is 5.58 Å². The minimum Gasteiger partial charge on any atom is -0.464 e. The molecule has 0 unspecified atom stereocenters. The van der Waals surface area contributed by atoms with E-state index in [-0.39, 0.29) is 17.5 Å². The Kier molecular flexibility index (Phi) is 3.54. The molecule has 1 aromatic heterocycles. The average molecular weight is 356 g/mol. The van der Waals surface area contributed by atoms with Crippen molar-refractivity contribution in [3.05, 3.63) is 70.4 Å². The molecule has 0 saturated heterocycles. The highest BCUT2D eigenvalue weighted by molar-refractivity contribution is 6.31. The van der Waals surface area contributed by atoms with Crippen molar-refractivity contribution in [3.63, 3.8) is 0 Å². The molecule has 0 saturated carbocycles. The highest BCUT2D eigenvalue weighted by atomic mass is 35.5. The Morgan fingerprint density at radius 3 is 2.44 bits per heavy atom. The van der Waals surface area contributed by atoms with E-state index in [0.29, 0.717) is 26.6 Å². The predicted molar refractivity (Wildman–Crippen MR) is 88.0 cm³/mol. The Hall–Kier alpha value is -3.12. The van der Waals surface area contributed by atoms with Gasteiger partial charge < -0.3 is 9.25 Å². The van der Waals surface area contributed by atoms with E-state index >= 15 is 0 Å². The molecule has 7 heteroatoms. The molecule has 2 heterocycles. The number of carbonyl (C=O) groups is 3. The van der Waals surface area contributed by atoms with Crippen LogP contribution in [0.15, 0.2) is 53.1 Å². The summed E-state index contributed by atoms with van der Waals surface area (Å²) < 4.78 is 5.35. The first-order valence-electron chi connectivity index (χ1n) is 7.39. The molecular weight excluding hydrogens is 346 g/mol. The van der Waals surface area contributed by atoms with Crippen molar-refractivity contribution in [2.45, 2.75) is 6.42 Å². The zero-order valence-electron chi connectivity index (χ0n) is 12.7. The summed E-state index contributed by atoms with van der Waals surface area (Å²) in [7, 11) is 0. The van der Waals surface area contributed by atoms with Crippen molar-refractivity contribution in [2.75, 3.05) is 0 Å². The average Bonchev–Trinajstić information content (AvgIpc) is 3.09. The number of imide groups is 1. The molecule has 1 aliphatic rings. The number of hydrogen-bond acceptors (Lipinski definition) is 5. The molecular formula is C18H10ClNO5. The lowest BCUT2D eigenvalue weighted by Crippen LogP contribution is -2.33. The van der Waals surface area contributed by atoms with E-state index in [0.717, 1.165) is 0 Å². The van der Waals surface area contributed by atoms with Crippen LogP contribution in [0.25, 0.3) is 11.0 Å². The Morgan fingerprint density at radius 1 is 1.08 bits per heavy atom. The SMILES string of the molecule is O=C(Cc1coc2cc(Cl)ccc12)ON1C(=O)c2ccccc2C1=O. The first-order valence-corrected chi connectivity index (χ1v) is 7.76. The summed E-state index contributed by atoms with van der Waals surface area (Å²) in [6.07, 6.45) is 1.27. The largest absolute Gasteiger partial charge is 0.464 e. The maximum Gasteiger partial charge on any atom is 0.337 e. The lowest BCUT2D eigenvalue weighted by Gasteiger charge is -2.12. The first-order chi connectivity index (χ1) is 12.0. The second-order valence-electron chi connectivity index (χ2n) is 5.49. The van der Waals surface area contributed by atoms with E-state index in [2.05, 4.69) is 0 Å². The van der Waals surface area contributed by atoms with Crippen LogP contribution in [0.5, 0.6) is 0 Å². The minimum atomic E-state index is -0.743. The first kappa shape index (κ1) is 15.4. The van der Waals surface area contributed by atoms with Crippen molar-refractivity contribution in [1.82, 2.24) is 5.06 Å². The maximum atomic E-state index is 12.2. The molecule has 0 N–H and O–H groups in total. The molecule has 6 nitrogen and oxygen atoms in total. The normalized spacial score (nSPS) is 13.4. The molecule has 2 aromatic carbocycles. The Balaban J connectivity index is 1.53. The van der Waals surface area contributed by atoms with Gasteiger partial charge in [-0.1, -0.05) is 28.8 Å². The number of fused-ring (bicyclic) bond motifs is 2. The van der Waals surface area contributed by atoms with Gasteiger partial charge in [-0.3, -0.25) is 9.59 Å². The monoisotopic (exact) mass is 355 g/mol. The lowest BCUT2D eigenvalue weighted by atomic mass is 10.1. The Labute approximate surface area is 146 Å². The third kappa shape index (κ3) is 2.56. The minimum absolute atomic E-state index is 0.151. The second kappa shape index (κ2) is 5.75. The number of furan rings is 1. The van der Waals surface area contributed by atoms with E-state index in [9.17, 15) is 14.4 Å². The quantitative estimate of drug-likeness (QED) is 0.673. The number of nitrogens with zero attached hydrogens (tertiary/aromatic N) is 1. The van der Waals surface area contributed by atoms with Gasteiger partial charge in [-0.15, -0.1) is 0 Å². The van der Waals surface area contributed by atoms with E-state index in [1.54, 1.807) is 30.3 Å². The highest BCUT2D eigenvalue weighted by Gasteiger charge is 2.38. The summed E-state index contributed by atoms with van der Waals surface area (Å²) >= 11 is 5.89. The molecule has 2 amide bonds. The van der Waals surface area contributed by atoms with Gasteiger partial charge in [0.25, 0.3) is 11.8 Å². The summed E-state index contributed by atoms with van der Waals surface area (Å²) in [5.74, 6) is -2.05. The zero-order chi connectivity index (χ0) is 17.6. The number of hydroxylamine groups is 2. The lowest BCUT2D eigenvalue weighted by molar-refractivity contribution is -0.167. The molecule has 0 aliphatic carbocycles. The molecule has 0 spiro atoms. The maximum absolute atomic E-state index is 12.2. The number of amides is 2. The summed E-state index contributed by atoms with van der Waals surface area (Å²) in [5.41, 5.74) is 1.54. The number of carbonyl (C=O) groups excluding carboxylic acids is 3. The van der Waals surface area contributed by atoms with Gasteiger partial charge in [0.2, 0.25) is 0 Å². The van der Waals surface area contributed by atoms with Crippen molar-refractivity contribution in [1.29, 1.82) is 0 Å². The molecule has 0 fully saturated rings. The Morgan fingerprint density at radius 2 is 1.76 bits per heavy atom. The van der Waals surface area contributed by atoms with E-state index < -0.39 is 17.8 Å². The summed E-state index contributed by atoms with van der Waals surface area (Å²) in [4.78, 5) is 41.6. The van der Waals surface area contributed by atoms with Gasteiger partial charge in [-0.05, 0) is 30.3 Å². The third-order valence-corrected chi connectivity index (χ3v) is 4.14. The highest BCUT2D eigenvalue weighted by Crippen LogP contribution is 2.26. The zero-order valence-corrected chi connectivity index (χ0v) is 13.4. The second-order valence-corrected chi connectivity index (χ2v) is 5.93. The van der Waals surface area contributed by atoms with Crippen LogP contribution in [0.3, 0.4) is 0 Å². The number of rotatable bonds is 3. The van der Waals surface area contributed by atoms with Crippen molar-refractivity contribution in [2.24, 2.45) is 0 Å². The van der Waals surface area contributed by atoms with E-state index in [4.69, 9.17) is 20.9 Å². The number of benzene rings is 2. The molecule has 124 valence electrons. The van der Waals surface area contributed by atoms with Crippen LogP contribution in [0.1, 0.15) is 26.3 Å². The van der Waals surface area contributed by atoms with Gasteiger partial charge in [-0.2, -0.15) is 0 Å². The molecule has 0 atom stereocenters. The van der Waals surface area contributed by atoms with Gasteiger partial charge in [0, 0.05) is 16.0 Å². The topological polar surface area (TPSA) is 76.8 Å². The molecule has 4 rings (SSSR count). The Bertz CT molecular complexity index is 1000. The van der Waals surface area contributed by atoms with Crippen molar-refractivity contribution >= 4 is 40.4 Å². The van der Waals surface area contributed by atoms with Crippen LogP contribution >= 0.6 is 11.6 Å². The van der Waals surface area contributed by atoms with Crippen LogP contribution in [0.2, 0.25) is 5.02 Å². The standard InChI is InChI=1S/C18H10ClNO5/c19-11-5-6-12-10(9-24-15(12)8-11)7-16(21)25-20-17(22)13-3-1-2-4-14(13)18(20)23/h1-6,8-9H,7H2. The van der Waals surface area contributed by atoms with Gasteiger partial charge in [0.15, 0.2) is 0 Å². The molecule has 3 aromatic rings. The van der Waals surface area contributed by atoms with Crippen LogP contribution in [0.4, 0.5) is 0 Å². The van der Waals surface area contributed by atoms with E-state index in [1.807, 2.05) is 0 Å². The fourth-order valence-electron chi connectivity index (χ4n) is 2.73. The van der Waals surface area contributed by atoms with Crippen molar-refractivity contribution in [3.8, 4) is 0 Å². The molecule has 25 heavy (non-hydrogen) atoms. The van der Waals surface area contributed by atoms with E-state index in [1.165, 1.54) is 18.4 Å². The van der Waals surface area contributed by atoms with Gasteiger partial charge >= 0.3 is 5.97 Å². The molecule has 0 radical (unpaired) electrons. The summed E-state index contributed by atoms with van der Waals surface area (Å²) in [6.45, 7) is 0. The van der Waals surface area contributed by atoms with Crippen molar-refractivity contribution < 1.29 is 23.6 Å². The number of halogens is 1. The fourth-order valence-corrected chi connectivity index (χ4v) is 2.90. The van der Waals surface area contributed by atoms with Gasteiger partial charge in [0.05, 0.1) is 23.8 Å². The summed E-state index contributed by atoms with van der Waals surface area (Å²) in [6, 6.07) is 11.3. The van der Waals surface area contributed by atoms with Crippen LogP contribution in [-0.2, 0) is 16.1 Å². The predicted octanol–water partition coefficient (Wildman–Crippen LogP) is 3.38. The smallest absolute Gasteiger partial charge is 0.337 e. The third-order valence-electron chi connectivity index (χ3n) is 3.90. The van der Waals surface area contributed by atoms with Gasteiger partial charge in [-0.25, -0.2) is 4.79 Å². The summed E-state index contributed by atoms with van der Waals surface area (Å²) in [5, 5.41) is 1.72. The molecule has 0 bridgehead atoms. The molecule has 1 aliphatic heterocycles. The van der Waals surface area contributed by atoms with Crippen LogP contribution in [0, 0.1) is 0 Å². The van der Waals surface area contributed by atoms with Crippen LogP contribution < -0.4 is 0 Å². The number of hydrogen-bond donors (Lipinski definition) is 0. The fraction of sp³-hybridized carbons (Fsp3) is 0.0556. The van der Waals surface area contributed by atoms with Crippen LogP contribution in [-0.4, -0.2) is 22.8 Å².